The fourth-order valence-electron chi connectivity index (χ4n) is 3.60. The van der Waals surface area contributed by atoms with Crippen LogP contribution in [0.4, 0.5) is 10.2 Å². The Morgan fingerprint density at radius 3 is 2.83 bits per heavy atom. The van der Waals surface area contributed by atoms with E-state index >= 15 is 0 Å². The topological polar surface area (TPSA) is 41.9 Å². The predicted molar refractivity (Wildman–Crippen MR) is 92.6 cm³/mol. The highest BCUT2D eigenvalue weighted by Crippen LogP contribution is 2.51. The molecule has 6 heteroatoms. The Hall–Kier alpha value is -2.27. The van der Waals surface area contributed by atoms with Crippen LogP contribution in [0.15, 0.2) is 43.0 Å². The van der Waals surface area contributed by atoms with Gasteiger partial charge in [0.2, 0.25) is 0 Å². The minimum Gasteiger partial charge on any atom is -0.348 e. The Balaban J connectivity index is 1.86. The van der Waals surface area contributed by atoms with Crippen LogP contribution in [0.2, 0.25) is 5.02 Å². The maximum atomic E-state index is 14.2. The van der Waals surface area contributed by atoms with Crippen LogP contribution in [0, 0.1) is 11.2 Å². The zero-order valence-electron chi connectivity index (χ0n) is 13.4. The lowest BCUT2D eigenvalue weighted by molar-refractivity contribution is 0.179. The molecule has 4 rings (SSSR count). The fourth-order valence-corrected chi connectivity index (χ4v) is 3.80. The second kappa shape index (κ2) is 5.38. The molecule has 1 aliphatic rings. The number of nitrogens with zero attached hydrogens (tertiary/aromatic N) is 4. The lowest BCUT2D eigenvalue weighted by Crippen LogP contribution is -2.56. The van der Waals surface area contributed by atoms with Crippen molar-refractivity contribution in [2.24, 2.45) is 5.41 Å². The highest BCUT2D eigenvalue weighted by Gasteiger charge is 2.47. The molecule has 24 heavy (non-hydrogen) atoms. The molecule has 0 saturated carbocycles. The number of pyridine rings is 1. The van der Waals surface area contributed by atoms with E-state index in [9.17, 15) is 4.39 Å². The first-order chi connectivity index (χ1) is 11.5. The molecule has 1 unspecified atom stereocenters. The standard InChI is InChI=1S/C18H16ClFN4/c1-18(2)9-24(16(18)11-4-3-5-21-8-11)17-13-6-12(19)7-14(20)15(13)22-10-23-17/h3-8,10,16H,9H2,1-2H3. The number of rotatable bonds is 2. The van der Waals surface area contributed by atoms with Crippen LogP contribution < -0.4 is 4.90 Å². The molecule has 3 aromatic rings. The second-order valence-corrected chi connectivity index (χ2v) is 7.22. The van der Waals surface area contributed by atoms with Gasteiger partial charge in [-0.2, -0.15) is 0 Å². The molecule has 1 aliphatic heterocycles. The van der Waals surface area contributed by atoms with E-state index in [1.165, 1.54) is 12.4 Å². The minimum absolute atomic E-state index is 0.0669. The van der Waals surface area contributed by atoms with E-state index in [0.29, 0.717) is 21.7 Å². The van der Waals surface area contributed by atoms with Crippen LogP contribution in [0.1, 0.15) is 25.5 Å². The first-order valence-corrected chi connectivity index (χ1v) is 8.11. The van der Waals surface area contributed by atoms with Crippen LogP contribution in [-0.2, 0) is 0 Å². The second-order valence-electron chi connectivity index (χ2n) is 6.79. The fraction of sp³-hybridized carbons (Fsp3) is 0.278. The van der Waals surface area contributed by atoms with E-state index in [4.69, 9.17) is 11.6 Å². The van der Waals surface area contributed by atoms with Crippen LogP contribution in [0.25, 0.3) is 10.9 Å². The van der Waals surface area contributed by atoms with Gasteiger partial charge in [-0.05, 0) is 23.8 Å². The summed E-state index contributed by atoms with van der Waals surface area (Å²) in [7, 11) is 0. The van der Waals surface area contributed by atoms with Crippen molar-refractivity contribution < 1.29 is 4.39 Å². The van der Waals surface area contributed by atoms with Gasteiger partial charge in [-0.15, -0.1) is 0 Å². The van der Waals surface area contributed by atoms with Gasteiger partial charge in [-0.3, -0.25) is 4.98 Å². The van der Waals surface area contributed by atoms with Gasteiger partial charge in [0.15, 0.2) is 5.82 Å². The minimum atomic E-state index is -0.432. The van der Waals surface area contributed by atoms with Crippen molar-refractivity contribution >= 4 is 28.3 Å². The quantitative estimate of drug-likeness (QED) is 0.692. The summed E-state index contributed by atoms with van der Waals surface area (Å²) in [5.41, 5.74) is 1.47. The number of hydrogen-bond donors (Lipinski definition) is 0. The van der Waals surface area contributed by atoms with Crippen molar-refractivity contribution in [1.29, 1.82) is 0 Å². The summed E-state index contributed by atoms with van der Waals surface area (Å²) in [6.07, 6.45) is 5.03. The van der Waals surface area contributed by atoms with E-state index in [1.807, 2.05) is 12.3 Å². The van der Waals surface area contributed by atoms with Crippen molar-refractivity contribution in [2.45, 2.75) is 19.9 Å². The third-order valence-corrected chi connectivity index (χ3v) is 4.76. The number of halogens is 2. The molecular weight excluding hydrogens is 327 g/mol. The normalized spacial score (nSPS) is 19.3. The number of hydrogen-bond acceptors (Lipinski definition) is 4. The molecule has 1 saturated heterocycles. The van der Waals surface area contributed by atoms with Crippen molar-refractivity contribution in [3.8, 4) is 0 Å². The molecule has 122 valence electrons. The van der Waals surface area contributed by atoms with Gasteiger partial charge in [0.25, 0.3) is 0 Å². The van der Waals surface area contributed by atoms with Gasteiger partial charge < -0.3 is 4.90 Å². The first kappa shape index (κ1) is 15.3. The number of anilines is 1. The lowest BCUT2D eigenvalue weighted by Gasteiger charge is -2.55. The number of benzene rings is 1. The molecule has 0 N–H and O–H groups in total. The van der Waals surface area contributed by atoms with E-state index < -0.39 is 5.82 Å². The molecule has 2 aromatic heterocycles. The number of aromatic nitrogens is 3. The van der Waals surface area contributed by atoms with E-state index in [-0.39, 0.29) is 11.5 Å². The average Bonchev–Trinajstić information content (AvgIpc) is 2.53. The Labute approximate surface area is 144 Å². The summed E-state index contributed by atoms with van der Waals surface area (Å²) < 4.78 is 14.2. The monoisotopic (exact) mass is 342 g/mol. The van der Waals surface area contributed by atoms with Gasteiger partial charge in [0.05, 0.1) is 6.04 Å². The van der Waals surface area contributed by atoms with Gasteiger partial charge in [0.1, 0.15) is 17.7 Å². The molecule has 0 bridgehead atoms. The van der Waals surface area contributed by atoms with Crippen molar-refractivity contribution in [3.63, 3.8) is 0 Å². The molecule has 4 nitrogen and oxygen atoms in total. The van der Waals surface area contributed by atoms with Crippen LogP contribution in [0.5, 0.6) is 0 Å². The molecular formula is C18H16ClFN4. The summed E-state index contributed by atoms with van der Waals surface area (Å²) in [5, 5.41) is 0.973. The number of fused-ring (bicyclic) bond motifs is 1. The van der Waals surface area contributed by atoms with Crippen LogP contribution in [-0.4, -0.2) is 21.5 Å². The summed E-state index contributed by atoms with van der Waals surface area (Å²) in [6, 6.07) is 7.10. The first-order valence-electron chi connectivity index (χ1n) is 7.74. The van der Waals surface area contributed by atoms with Gasteiger partial charge in [0, 0.05) is 34.8 Å². The van der Waals surface area contributed by atoms with Crippen molar-refractivity contribution in [2.75, 3.05) is 11.4 Å². The Kier molecular flexibility index (Phi) is 3.42. The van der Waals surface area contributed by atoms with Crippen molar-refractivity contribution in [3.05, 3.63) is 59.4 Å². The van der Waals surface area contributed by atoms with E-state index in [1.54, 1.807) is 12.3 Å². The smallest absolute Gasteiger partial charge is 0.151 e. The third-order valence-electron chi connectivity index (χ3n) is 4.54. The maximum Gasteiger partial charge on any atom is 0.151 e. The molecule has 0 amide bonds. The summed E-state index contributed by atoms with van der Waals surface area (Å²) in [5.74, 6) is 0.272. The zero-order chi connectivity index (χ0) is 16.9. The summed E-state index contributed by atoms with van der Waals surface area (Å²) >= 11 is 6.05. The van der Waals surface area contributed by atoms with Gasteiger partial charge in [-0.25, -0.2) is 14.4 Å². The molecule has 3 heterocycles. The molecule has 1 fully saturated rings. The largest absolute Gasteiger partial charge is 0.348 e. The maximum absolute atomic E-state index is 14.2. The molecule has 1 aromatic carbocycles. The summed E-state index contributed by atoms with van der Waals surface area (Å²) in [4.78, 5) is 14.9. The predicted octanol–water partition coefficient (Wildman–Crippen LogP) is 4.40. The Morgan fingerprint density at radius 2 is 2.12 bits per heavy atom. The van der Waals surface area contributed by atoms with Crippen LogP contribution >= 0.6 is 11.6 Å². The Morgan fingerprint density at radius 1 is 1.29 bits per heavy atom. The van der Waals surface area contributed by atoms with Gasteiger partial charge >= 0.3 is 0 Å². The molecule has 0 aliphatic carbocycles. The zero-order valence-corrected chi connectivity index (χ0v) is 14.1. The SMILES string of the molecule is CC1(C)CN(c2ncnc3c(F)cc(Cl)cc23)C1c1cccnc1. The average molecular weight is 343 g/mol. The van der Waals surface area contributed by atoms with Crippen molar-refractivity contribution in [1.82, 2.24) is 15.0 Å². The molecule has 0 spiro atoms. The van der Waals surface area contributed by atoms with Crippen LogP contribution in [0.3, 0.4) is 0 Å². The third kappa shape index (κ3) is 2.31. The Bertz CT molecular complexity index is 914. The highest BCUT2D eigenvalue weighted by atomic mass is 35.5. The van der Waals surface area contributed by atoms with Gasteiger partial charge in [-0.1, -0.05) is 31.5 Å². The highest BCUT2D eigenvalue weighted by molar-refractivity contribution is 6.31. The molecule has 1 atom stereocenters. The van der Waals surface area contributed by atoms with E-state index in [0.717, 1.165) is 12.1 Å². The molecule has 0 radical (unpaired) electrons. The summed E-state index contributed by atoms with van der Waals surface area (Å²) in [6.45, 7) is 5.23. The van der Waals surface area contributed by atoms with E-state index in [2.05, 4.69) is 39.8 Å². The lowest BCUT2D eigenvalue weighted by atomic mass is 9.72.